The van der Waals surface area contributed by atoms with Gasteiger partial charge in [0.2, 0.25) is 5.91 Å². The van der Waals surface area contributed by atoms with Gasteiger partial charge in [0.25, 0.3) is 0 Å². The topological polar surface area (TPSA) is 91.3 Å². The Bertz CT molecular complexity index is 528. The minimum Gasteiger partial charge on any atom is -0.481 e. The van der Waals surface area contributed by atoms with Crippen LogP contribution in [0.5, 0.6) is 0 Å². The minimum atomic E-state index is -0.802. The van der Waals surface area contributed by atoms with Crippen molar-refractivity contribution in [3.8, 4) is 0 Å². The number of aromatic nitrogens is 1. The lowest BCUT2D eigenvalue weighted by Crippen LogP contribution is -2.31. The maximum absolute atomic E-state index is 11.5. The molecule has 1 aromatic heterocycles. The number of nitrogens with zero attached hydrogens (tertiary/aromatic N) is 1. The van der Waals surface area contributed by atoms with Gasteiger partial charge in [0.1, 0.15) is 5.92 Å². The lowest BCUT2D eigenvalue weighted by atomic mass is 9.91. The van der Waals surface area contributed by atoms with E-state index in [1.165, 1.54) is 11.3 Å². The van der Waals surface area contributed by atoms with Crippen LogP contribution in [0.4, 0.5) is 5.13 Å². The van der Waals surface area contributed by atoms with E-state index in [-0.39, 0.29) is 11.9 Å². The van der Waals surface area contributed by atoms with Gasteiger partial charge in [-0.1, -0.05) is 0 Å². The summed E-state index contributed by atoms with van der Waals surface area (Å²) in [5.41, 5.74) is 0.702. The van der Waals surface area contributed by atoms with Crippen LogP contribution in [0.1, 0.15) is 49.6 Å². The third kappa shape index (κ3) is 4.17. The van der Waals surface area contributed by atoms with E-state index in [1.807, 2.05) is 13.8 Å². The molecule has 7 heteroatoms. The monoisotopic (exact) mass is 311 g/mol. The van der Waals surface area contributed by atoms with Gasteiger partial charge in [-0.3, -0.25) is 9.59 Å². The number of nitrogens with one attached hydrogen (secondary N) is 2. The van der Waals surface area contributed by atoms with Gasteiger partial charge in [-0.2, -0.15) is 0 Å². The number of fused-ring (bicyclic) bond motifs is 1. The van der Waals surface area contributed by atoms with Crippen molar-refractivity contribution in [1.82, 2.24) is 10.3 Å². The predicted octanol–water partition coefficient (Wildman–Crippen LogP) is 1.97. The Labute approximate surface area is 128 Å². The number of rotatable bonds is 6. The summed E-state index contributed by atoms with van der Waals surface area (Å²) in [7, 11) is 0. The summed E-state index contributed by atoms with van der Waals surface area (Å²) in [6.45, 7) is 4.35. The number of carboxylic acids is 1. The van der Waals surface area contributed by atoms with Crippen LogP contribution in [0.15, 0.2) is 0 Å². The molecule has 0 aliphatic heterocycles. The quantitative estimate of drug-likeness (QED) is 0.747. The number of anilines is 1. The Balaban J connectivity index is 1.91. The second-order valence-electron chi connectivity index (χ2n) is 5.51. The van der Waals surface area contributed by atoms with E-state index in [2.05, 4.69) is 15.6 Å². The molecule has 1 atom stereocenters. The number of aliphatic carboxylic acids is 1. The number of carbonyl (C=O) groups excluding carboxylic acids is 1. The number of hydrogen-bond acceptors (Lipinski definition) is 5. The molecule has 1 aromatic rings. The van der Waals surface area contributed by atoms with Crippen LogP contribution < -0.4 is 10.6 Å². The van der Waals surface area contributed by atoms with Crippen molar-refractivity contribution in [3.05, 3.63) is 10.6 Å². The van der Waals surface area contributed by atoms with E-state index >= 15 is 0 Å². The summed E-state index contributed by atoms with van der Waals surface area (Å²) in [6.07, 6.45) is 2.82. The van der Waals surface area contributed by atoms with Gasteiger partial charge in [0.05, 0.1) is 5.69 Å². The Kier molecular flexibility index (Phi) is 5.17. The van der Waals surface area contributed by atoms with Crippen LogP contribution in [0.3, 0.4) is 0 Å². The van der Waals surface area contributed by atoms with Crippen molar-refractivity contribution in [2.24, 2.45) is 0 Å². The molecule has 1 unspecified atom stereocenters. The van der Waals surface area contributed by atoms with Gasteiger partial charge in [-0.05, 0) is 33.1 Å². The highest BCUT2D eigenvalue weighted by atomic mass is 32.1. The van der Waals surface area contributed by atoms with E-state index in [0.29, 0.717) is 30.2 Å². The van der Waals surface area contributed by atoms with Gasteiger partial charge in [0, 0.05) is 23.9 Å². The van der Waals surface area contributed by atoms with Crippen molar-refractivity contribution >= 4 is 28.3 Å². The van der Waals surface area contributed by atoms with Crippen molar-refractivity contribution in [2.45, 2.75) is 51.5 Å². The first-order valence-corrected chi connectivity index (χ1v) is 8.04. The Morgan fingerprint density at radius 1 is 1.48 bits per heavy atom. The van der Waals surface area contributed by atoms with E-state index in [9.17, 15) is 14.7 Å². The third-order valence-corrected chi connectivity index (χ3v) is 4.42. The van der Waals surface area contributed by atoms with Crippen molar-refractivity contribution in [2.75, 3.05) is 11.9 Å². The van der Waals surface area contributed by atoms with Crippen LogP contribution >= 0.6 is 11.3 Å². The van der Waals surface area contributed by atoms with E-state index < -0.39 is 11.9 Å². The normalized spacial score (nSPS) is 17.4. The lowest BCUT2D eigenvalue weighted by molar-refractivity contribution is -0.139. The Morgan fingerprint density at radius 2 is 2.24 bits per heavy atom. The highest BCUT2D eigenvalue weighted by Crippen LogP contribution is 2.36. The highest BCUT2D eigenvalue weighted by Gasteiger charge is 2.29. The van der Waals surface area contributed by atoms with Gasteiger partial charge < -0.3 is 15.7 Å². The molecule has 0 saturated carbocycles. The highest BCUT2D eigenvalue weighted by molar-refractivity contribution is 7.15. The zero-order chi connectivity index (χ0) is 15.4. The van der Waals surface area contributed by atoms with Crippen LogP contribution in [-0.2, 0) is 16.0 Å². The van der Waals surface area contributed by atoms with Crippen LogP contribution in [-0.4, -0.2) is 34.6 Å². The molecular weight excluding hydrogens is 290 g/mol. The molecule has 116 valence electrons. The summed E-state index contributed by atoms with van der Waals surface area (Å²) >= 11 is 1.50. The number of carboxylic acid groups (broad SMARTS) is 1. The van der Waals surface area contributed by atoms with E-state index in [0.717, 1.165) is 17.7 Å². The maximum Gasteiger partial charge on any atom is 0.312 e. The molecule has 0 radical (unpaired) electrons. The van der Waals surface area contributed by atoms with Crippen LogP contribution in [0.2, 0.25) is 0 Å². The fourth-order valence-electron chi connectivity index (χ4n) is 2.41. The van der Waals surface area contributed by atoms with Gasteiger partial charge in [-0.15, -0.1) is 11.3 Å². The molecule has 0 aromatic carbocycles. The molecule has 2 rings (SSSR count). The molecule has 3 N–H and O–H groups in total. The summed E-state index contributed by atoms with van der Waals surface area (Å²) in [5.74, 6) is -1.28. The molecule has 0 saturated heterocycles. The second kappa shape index (κ2) is 6.89. The molecule has 21 heavy (non-hydrogen) atoms. The fraction of sp³-hybridized carbons (Fsp3) is 0.643. The molecule has 1 aliphatic rings. The number of thiazole rings is 1. The number of hydrogen-bond donors (Lipinski definition) is 3. The van der Waals surface area contributed by atoms with Gasteiger partial charge in [0.15, 0.2) is 5.13 Å². The molecule has 1 amide bonds. The number of aryl methyl sites for hydroxylation is 1. The molecular formula is C14H21N3O3S. The summed E-state index contributed by atoms with van der Waals surface area (Å²) < 4.78 is 0. The molecule has 0 bridgehead atoms. The average molecular weight is 311 g/mol. The molecule has 0 spiro atoms. The predicted molar refractivity (Wildman–Crippen MR) is 81.8 cm³/mol. The molecule has 1 heterocycles. The lowest BCUT2D eigenvalue weighted by Gasteiger charge is -2.16. The number of amides is 1. The first-order valence-electron chi connectivity index (χ1n) is 7.23. The van der Waals surface area contributed by atoms with Crippen LogP contribution in [0, 0.1) is 0 Å². The molecule has 1 aliphatic carbocycles. The van der Waals surface area contributed by atoms with Crippen molar-refractivity contribution < 1.29 is 14.7 Å². The summed E-state index contributed by atoms with van der Waals surface area (Å²) in [5, 5.41) is 15.9. The third-order valence-electron chi connectivity index (χ3n) is 3.33. The van der Waals surface area contributed by atoms with E-state index in [1.54, 1.807) is 0 Å². The Hall–Kier alpha value is -1.63. The van der Waals surface area contributed by atoms with Crippen molar-refractivity contribution in [1.29, 1.82) is 0 Å². The maximum atomic E-state index is 11.5. The first-order chi connectivity index (χ1) is 9.97. The SMILES string of the molecule is CC(C)NC(=O)CCNc1nc2c(s1)CCCC2C(=O)O. The minimum absolute atomic E-state index is 0.00207. The zero-order valence-corrected chi connectivity index (χ0v) is 13.1. The zero-order valence-electron chi connectivity index (χ0n) is 12.3. The first kappa shape index (κ1) is 15.8. The summed E-state index contributed by atoms with van der Waals surface area (Å²) in [6, 6.07) is 0.140. The number of carbonyl (C=O) groups is 2. The molecule has 0 fully saturated rings. The largest absolute Gasteiger partial charge is 0.481 e. The molecule has 6 nitrogen and oxygen atoms in total. The Morgan fingerprint density at radius 3 is 2.90 bits per heavy atom. The second-order valence-corrected chi connectivity index (χ2v) is 6.59. The average Bonchev–Trinajstić information content (AvgIpc) is 2.79. The van der Waals surface area contributed by atoms with Gasteiger partial charge >= 0.3 is 5.97 Å². The standard InChI is InChI=1S/C14H21N3O3S/c1-8(2)16-11(18)6-7-15-14-17-12-9(13(19)20)4-3-5-10(12)21-14/h8-9H,3-7H2,1-2H3,(H,15,17)(H,16,18)(H,19,20). The fourth-order valence-corrected chi connectivity index (χ4v) is 3.50. The van der Waals surface area contributed by atoms with E-state index in [4.69, 9.17) is 0 Å². The summed E-state index contributed by atoms with van der Waals surface area (Å²) in [4.78, 5) is 28.2. The van der Waals surface area contributed by atoms with Gasteiger partial charge in [-0.25, -0.2) is 4.98 Å². The van der Waals surface area contributed by atoms with Crippen molar-refractivity contribution in [3.63, 3.8) is 0 Å². The van der Waals surface area contributed by atoms with Crippen LogP contribution in [0.25, 0.3) is 0 Å². The smallest absolute Gasteiger partial charge is 0.312 e.